The second-order valence-corrected chi connectivity index (χ2v) is 8.32. The maximum Gasteiger partial charge on any atom is 0.416 e. The fourth-order valence-corrected chi connectivity index (χ4v) is 4.53. The summed E-state index contributed by atoms with van der Waals surface area (Å²) < 4.78 is 46.0. The van der Waals surface area contributed by atoms with E-state index in [1.165, 1.54) is 12.1 Å². The molecule has 4 N–H and O–H groups in total. The Morgan fingerprint density at radius 3 is 2.47 bits per heavy atom. The first-order valence-electron chi connectivity index (χ1n) is 10.5. The Labute approximate surface area is 183 Å². The molecule has 2 heterocycles. The molecule has 0 spiro atoms. The lowest BCUT2D eigenvalue weighted by atomic mass is 9.89. The zero-order valence-electron chi connectivity index (χ0n) is 17.2. The lowest BCUT2D eigenvalue weighted by Gasteiger charge is -2.41. The van der Waals surface area contributed by atoms with Gasteiger partial charge in [0.15, 0.2) is 0 Å². The molecule has 6 nitrogen and oxygen atoms in total. The van der Waals surface area contributed by atoms with E-state index in [0.29, 0.717) is 12.1 Å². The summed E-state index contributed by atoms with van der Waals surface area (Å²) >= 11 is 0. The summed E-state index contributed by atoms with van der Waals surface area (Å²) in [4.78, 5) is 1.87. The number of aliphatic hydroxyl groups is 4. The number of alkyl halides is 3. The van der Waals surface area contributed by atoms with E-state index in [4.69, 9.17) is 4.74 Å². The molecule has 0 saturated carbocycles. The lowest BCUT2D eigenvalue weighted by molar-refractivity contribution is -0.231. The minimum Gasteiger partial charge on any atom is -0.394 e. The van der Waals surface area contributed by atoms with Crippen molar-refractivity contribution < 1.29 is 38.3 Å². The van der Waals surface area contributed by atoms with Crippen LogP contribution in [0.5, 0.6) is 0 Å². The maximum atomic E-state index is 13.5. The van der Waals surface area contributed by atoms with Crippen molar-refractivity contribution in [3.63, 3.8) is 0 Å². The molecule has 2 aromatic carbocycles. The third kappa shape index (κ3) is 4.35. The van der Waals surface area contributed by atoms with Gasteiger partial charge in [-0.15, -0.1) is 0 Å². The van der Waals surface area contributed by atoms with E-state index in [0.717, 1.165) is 30.2 Å². The van der Waals surface area contributed by atoms with Crippen molar-refractivity contribution in [2.45, 2.75) is 56.1 Å². The summed E-state index contributed by atoms with van der Waals surface area (Å²) in [6, 6.07) is 10.8. The van der Waals surface area contributed by atoms with Gasteiger partial charge >= 0.3 is 6.18 Å². The number of ether oxygens (including phenoxy) is 1. The van der Waals surface area contributed by atoms with Gasteiger partial charge in [-0.05, 0) is 41.7 Å². The van der Waals surface area contributed by atoms with Gasteiger partial charge in [0.1, 0.15) is 30.5 Å². The van der Waals surface area contributed by atoms with Crippen molar-refractivity contribution in [3.8, 4) is 0 Å². The van der Waals surface area contributed by atoms with Gasteiger partial charge in [0.05, 0.1) is 12.2 Å². The summed E-state index contributed by atoms with van der Waals surface area (Å²) in [6.07, 6.45) is -9.31. The van der Waals surface area contributed by atoms with E-state index >= 15 is 0 Å². The molecule has 32 heavy (non-hydrogen) atoms. The molecule has 1 saturated heterocycles. The fourth-order valence-electron chi connectivity index (χ4n) is 4.53. The molecule has 2 aliphatic heterocycles. The predicted octanol–water partition coefficient (Wildman–Crippen LogP) is 2.17. The van der Waals surface area contributed by atoms with Crippen LogP contribution < -0.4 is 4.90 Å². The van der Waals surface area contributed by atoms with Gasteiger partial charge in [-0.2, -0.15) is 13.2 Å². The molecule has 2 aliphatic rings. The summed E-state index contributed by atoms with van der Waals surface area (Å²) in [7, 11) is 0. The zero-order valence-corrected chi connectivity index (χ0v) is 17.2. The minimum absolute atomic E-state index is 0.0703. The smallest absolute Gasteiger partial charge is 0.394 e. The molecular weight excluding hydrogens is 427 g/mol. The third-order valence-corrected chi connectivity index (χ3v) is 6.23. The molecular formula is C23H26F3NO5. The summed E-state index contributed by atoms with van der Waals surface area (Å²) in [5.74, 6) is 0. The molecule has 0 bridgehead atoms. The maximum absolute atomic E-state index is 13.5. The van der Waals surface area contributed by atoms with Crippen LogP contribution in [-0.2, 0) is 23.9 Å². The quantitative estimate of drug-likeness (QED) is 0.567. The van der Waals surface area contributed by atoms with E-state index in [1.54, 1.807) is 18.2 Å². The first kappa shape index (κ1) is 23.0. The Morgan fingerprint density at radius 1 is 1.00 bits per heavy atom. The number of hydrogen-bond donors (Lipinski definition) is 4. The van der Waals surface area contributed by atoms with Gasteiger partial charge in [0.25, 0.3) is 0 Å². The highest BCUT2D eigenvalue weighted by Crippen LogP contribution is 2.38. The average Bonchev–Trinajstić information content (AvgIpc) is 2.77. The van der Waals surface area contributed by atoms with E-state index < -0.39 is 48.9 Å². The molecule has 9 heteroatoms. The number of halogens is 3. The highest BCUT2D eigenvalue weighted by molar-refractivity contribution is 5.58. The topological polar surface area (TPSA) is 93.4 Å². The number of benzene rings is 2. The Kier molecular flexibility index (Phi) is 6.46. The van der Waals surface area contributed by atoms with Crippen LogP contribution >= 0.6 is 0 Å². The Hall–Kier alpha value is -2.17. The first-order valence-corrected chi connectivity index (χ1v) is 10.5. The molecule has 174 valence electrons. The van der Waals surface area contributed by atoms with Crippen molar-refractivity contribution >= 4 is 5.69 Å². The molecule has 4 rings (SSSR count). The molecule has 0 aliphatic carbocycles. The lowest BCUT2D eigenvalue weighted by Crippen LogP contribution is -2.55. The van der Waals surface area contributed by atoms with Gasteiger partial charge in [-0.3, -0.25) is 0 Å². The molecule has 2 aromatic rings. The molecule has 0 unspecified atom stereocenters. The summed E-state index contributed by atoms with van der Waals surface area (Å²) in [6.45, 7) is 0.102. The number of rotatable bonds is 4. The van der Waals surface area contributed by atoms with Gasteiger partial charge < -0.3 is 30.1 Å². The van der Waals surface area contributed by atoms with Gasteiger partial charge in [-0.1, -0.05) is 30.3 Å². The number of aryl methyl sites for hydroxylation is 1. The number of hydrogen-bond acceptors (Lipinski definition) is 6. The number of nitrogens with zero attached hydrogens (tertiary/aromatic N) is 1. The summed E-state index contributed by atoms with van der Waals surface area (Å²) in [5.41, 5.74) is 1.72. The van der Waals surface area contributed by atoms with Crippen molar-refractivity contribution in [3.05, 3.63) is 64.7 Å². The van der Waals surface area contributed by atoms with Gasteiger partial charge in [0, 0.05) is 18.8 Å². The largest absolute Gasteiger partial charge is 0.416 e. The number of fused-ring (bicyclic) bond motifs is 1. The second-order valence-electron chi connectivity index (χ2n) is 8.32. The van der Waals surface area contributed by atoms with Crippen LogP contribution in [0.15, 0.2) is 42.5 Å². The minimum atomic E-state index is -4.45. The monoisotopic (exact) mass is 453 g/mol. The van der Waals surface area contributed by atoms with E-state index in [-0.39, 0.29) is 12.1 Å². The molecule has 5 atom stereocenters. The van der Waals surface area contributed by atoms with Crippen molar-refractivity contribution in [2.24, 2.45) is 0 Å². The van der Waals surface area contributed by atoms with Crippen LogP contribution in [0.25, 0.3) is 0 Å². The van der Waals surface area contributed by atoms with Crippen molar-refractivity contribution in [1.29, 1.82) is 0 Å². The van der Waals surface area contributed by atoms with E-state index in [9.17, 15) is 33.6 Å². The zero-order chi connectivity index (χ0) is 23.0. The van der Waals surface area contributed by atoms with Crippen molar-refractivity contribution in [1.82, 2.24) is 0 Å². The first-order chi connectivity index (χ1) is 15.2. The van der Waals surface area contributed by atoms with Crippen LogP contribution in [0.4, 0.5) is 18.9 Å². The van der Waals surface area contributed by atoms with Gasteiger partial charge in [-0.25, -0.2) is 0 Å². The predicted molar refractivity (Wildman–Crippen MR) is 110 cm³/mol. The van der Waals surface area contributed by atoms with Crippen LogP contribution in [0.2, 0.25) is 0 Å². The highest BCUT2D eigenvalue weighted by Gasteiger charge is 2.44. The molecule has 0 aromatic heterocycles. The Balaban J connectivity index is 1.65. The highest BCUT2D eigenvalue weighted by atomic mass is 19.4. The number of anilines is 1. The van der Waals surface area contributed by atoms with Crippen molar-refractivity contribution in [2.75, 3.05) is 18.1 Å². The standard InChI is InChI=1S/C23H26F3NO5/c24-23(25,26)16-6-2-1-4-15(16)11-27-9-3-5-13-7-8-14(10-17(13)27)22-21(31)20(30)19(29)18(12-28)32-22/h1-2,4,6-8,10,18-22,28-31H,3,5,9,11-12H2/t18-,19-,20+,21-,22+/m1/s1. The normalized spacial score (nSPS) is 28.5. The van der Waals surface area contributed by atoms with Crippen LogP contribution in [0.1, 0.15) is 34.8 Å². The third-order valence-electron chi connectivity index (χ3n) is 6.23. The summed E-state index contributed by atoms with van der Waals surface area (Å²) in [5, 5.41) is 40.0. The second kappa shape index (κ2) is 8.99. The van der Waals surface area contributed by atoms with E-state index in [2.05, 4.69) is 0 Å². The molecule has 0 amide bonds. The Morgan fingerprint density at radius 2 is 1.75 bits per heavy atom. The van der Waals surface area contributed by atoms with Gasteiger partial charge in [0.2, 0.25) is 0 Å². The van der Waals surface area contributed by atoms with E-state index in [1.807, 2.05) is 11.0 Å². The molecule has 0 radical (unpaired) electrons. The SMILES string of the molecule is OC[C@H]1O[C@@H](c2ccc3c(c2)N(Cc2ccccc2C(F)(F)F)CCC3)[C@H](O)[C@@H](O)[C@@H]1O. The average molecular weight is 453 g/mol. The fraction of sp³-hybridized carbons (Fsp3) is 0.478. The molecule has 1 fully saturated rings. The Bertz CT molecular complexity index is 951. The number of aliphatic hydroxyl groups excluding tert-OH is 4. The van der Waals surface area contributed by atoms with Crippen LogP contribution in [0.3, 0.4) is 0 Å². The van der Waals surface area contributed by atoms with Crippen LogP contribution in [-0.4, -0.2) is 58.0 Å². The van der Waals surface area contributed by atoms with Crippen LogP contribution in [0, 0.1) is 0 Å².